The van der Waals surface area contributed by atoms with E-state index in [1.54, 1.807) is 29.5 Å². The number of aromatic nitrogens is 1. The van der Waals surface area contributed by atoms with E-state index in [1.165, 1.54) is 0 Å². The van der Waals surface area contributed by atoms with Gasteiger partial charge in [-0.1, -0.05) is 35.9 Å². The molecule has 1 aromatic heterocycles. The minimum atomic E-state index is -0.433. The number of nitrogens with zero attached hydrogens (tertiary/aromatic N) is 1. The maximum absolute atomic E-state index is 11.2. The molecule has 5 heteroatoms. The van der Waals surface area contributed by atoms with Crippen molar-refractivity contribution in [2.24, 2.45) is 5.73 Å². The lowest BCUT2D eigenvalue weighted by atomic mass is 10.1. The normalized spacial score (nSPS) is 11.3. The first-order valence-electron chi connectivity index (χ1n) is 6.26. The molecule has 21 heavy (non-hydrogen) atoms. The monoisotopic (exact) mass is 314 g/mol. The van der Waals surface area contributed by atoms with Gasteiger partial charge in [-0.2, -0.15) is 0 Å². The Kier molecular flexibility index (Phi) is 3.73. The van der Waals surface area contributed by atoms with Crippen LogP contribution in [0.3, 0.4) is 0 Å². The Labute approximate surface area is 130 Å². The fourth-order valence-corrected chi connectivity index (χ4v) is 3.14. The van der Waals surface area contributed by atoms with E-state index < -0.39 is 5.91 Å². The molecule has 0 bridgehead atoms. The third-order valence-corrected chi connectivity index (χ3v) is 4.27. The van der Waals surface area contributed by atoms with Gasteiger partial charge in [0.1, 0.15) is 10.5 Å². The summed E-state index contributed by atoms with van der Waals surface area (Å²) < 4.78 is 1.05. The molecule has 1 heterocycles. The molecule has 0 saturated carbocycles. The molecule has 0 spiro atoms. The number of hydrogen-bond acceptors (Lipinski definition) is 3. The summed E-state index contributed by atoms with van der Waals surface area (Å²) in [7, 11) is 0. The second kappa shape index (κ2) is 5.68. The summed E-state index contributed by atoms with van der Waals surface area (Å²) in [6, 6.07) is 12.9. The number of carbonyl (C=O) groups excluding carboxylic acids is 1. The largest absolute Gasteiger partial charge is 0.366 e. The molecule has 0 fully saturated rings. The Bertz CT molecular complexity index is 854. The van der Waals surface area contributed by atoms with Gasteiger partial charge in [-0.05, 0) is 35.9 Å². The van der Waals surface area contributed by atoms with Gasteiger partial charge < -0.3 is 5.73 Å². The number of amides is 1. The molecule has 3 rings (SSSR count). The molecule has 3 nitrogen and oxygen atoms in total. The summed E-state index contributed by atoms with van der Waals surface area (Å²) in [5.41, 5.74) is 7.47. The summed E-state index contributed by atoms with van der Waals surface area (Å²) >= 11 is 7.68. The summed E-state index contributed by atoms with van der Waals surface area (Å²) in [6.45, 7) is 0. The van der Waals surface area contributed by atoms with Gasteiger partial charge in [0.25, 0.3) is 0 Å². The van der Waals surface area contributed by atoms with Crippen LogP contribution in [0.5, 0.6) is 0 Å². The molecule has 1 amide bonds. The van der Waals surface area contributed by atoms with Crippen molar-refractivity contribution in [2.45, 2.75) is 0 Å². The SMILES string of the molecule is NC(=O)c1cccc(C=Cc2nc3c(Cl)cccc3s2)c1. The number of para-hydroxylation sites is 1. The molecule has 0 atom stereocenters. The van der Waals surface area contributed by atoms with Gasteiger partial charge in [0.2, 0.25) is 5.91 Å². The van der Waals surface area contributed by atoms with Crippen LogP contribution in [0.15, 0.2) is 42.5 Å². The Balaban J connectivity index is 1.92. The van der Waals surface area contributed by atoms with Crippen molar-refractivity contribution in [3.8, 4) is 0 Å². The second-order valence-electron chi connectivity index (χ2n) is 4.46. The maximum atomic E-state index is 11.2. The number of rotatable bonds is 3. The lowest BCUT2D eigenvalue weighted by molar-refractivity contribution is 0.100. The Hall–Kier alpha value is -2.17. The van der Waals surface area contributed by atoms with E-state index in [4.69, 9.17) is 17.3 Å². The van der Waals surface area contributed by atoms with Crippen molar-refractivity contribution in [1.82, 2.24) is 4.98 Å². The highest BCUT2D eigenvalue weighted by Crippen LogP contribution is 2.28. The first kappa shape index (κ1) is 13.8. The lowest BCUT2D eigenvalue weighted by Gasteiger charge is -1.96. The highest BCUT2D eigenvalue weighted by molar-refractivity contribution is 7.19. The summed E-state index contributed by atoms with van der Waals surface area (Å²) in [4.78, 5) is 15.6. The van der Waals surface area contributed by atoms with Crippen LogP contribution in [0.1, 0.15) is 20.9 Å². The number of carbonyl (C=O) groups is 1. The predicted octanol–water partition coefficient (Wildman–Crippen LogP) is 4.22. The molecule has 0 unspecified atom stereocenters. The van der Waals surface area contributed by atoms with Crippen LogP contribution in [-0.4, -0.2) is 10.9 Å². The number of nitrogens with two attached hydrogens (primary N) is 1. The third kappa shape index (κ3) is 2.96. The number of halogens is 1. The molecule has 0 aliphatic heterocycles. The summed E-state index contributed by atoms with van der Waals surface area (Å²) in [5, 5.41) is 1.52. The molecule has 2 N–H and O–H groups in total. The molecular weight excluding hydrogens is 304 g/mol. The maximum Gasteiger partial charge on any atom is 0.248 e. The van der Waals surface area contributed by atoms with Gasteiger partial charge in [0.05, 0.1) is 9.72 Å². The minimum Gasteiger partial charge on any atom is -0.366 e. The Morgan fingerprint density at radius 3 is 2.76 bits per heavy atom. The average molecular weight is 315 g/mol. The van der Waals surface area contributed by atoms with Crippen molar-refractivity contribution in [3.63, 3.8) is 0 Å². The van der Waals surface area contributed by atoms with Gasteiger partial charge in [0.15, 0.2) is 0 Å². The Morgan fingerprint density at radius 1 is 1.19 bits per heavy atom. The summed E-state index contributed by atoms with van der Waals surface area (Å²) in [6.07, 6.45) is 3.80. The Morgan fingerprint density at radius 2 is 2.00 bits per heavy atom. The van der Waals surface area contributed by atoms with Crippen molar-refractivity contribution in [2.75, 3.05) is 0 Å². The van der Waals surface area contributed by atoms with Crippen LogP contribution in [0.4, 0.5) is 0 Å². The zero-order valence-electron chi connectivity index (χ0n) is 10.9. The van der Waals surface area contributed by atoms with E-state index in [0.717, 1.165) is 20.8 Å². The summed E-state index contributed by atoms with van der Waals surface area (Å²) in [5.74, 6) is -0.433. The van der Waals surface area contributed by atoms with E-state index in [9.17, 15) is 4.79 Å². The fraction of sp³-hybridized carbons (Fsp3) is 0. The lowest BCUT2D eigenvalue weighted by Crippen LogP contribution is -2.10. The second-order valence-corrected chi connectivity index (χ2v) is 5.93. The van der Waals surface area contributed by atoms with Crippen molar-refractivity contribution < 1.29 is 4.79 Å². The van der Waals surface area contributed by atoms with Gasteiger partial charge in [0, 0.05) is 5.56 Å². The van der Waals surface area contributed by atoms with E-state index >= 15 is 0 Å². The molecule has 104 valence electrons. The van der Waals surface area contributed by atoms with Gasteiger partial charge in [-0.3, -0.25) is 4.79 Å². The highest BCUT2D eigenvalue weighted by atomic mass is 35.5. The topological polar surface area (TPSA) is 56.0 Å². The smallest absolute Gasteiger partial charge is 0.248 e. The number of benzene rings is 2. The standard InChI is InChI=1S/C16H11ClN2OS/c17-12-5-2-6-13-15(12)19-14(21-13)8-7-10-3-1-4-11(9-10)16(18)20/h1-9H,(H2,18,20). The zero-order valence-corrected chi connectivity index (χ0v) is 12.5. The third-order valence-electron chi connectivity index (χ3n) is 2.98. The van der Waals surface area contributed by atoms with Gasteiger partial charge in [-0.15, -0.1) is 11.3 Å². The molecule has 0 aliphatic rings. The minimum absolute atomic E-state index is 0.433. The van der Waals surface area contributed by atoms with E-state index in [1.807, 2.05) is 36.4 Å². The number of fused-ring (bicyclic) bond motifs is 1. The predicted molar refractivity (Wildman–Crippen MR) is 88.5 cm³/mol. The molecule has 0 saturated heterocycles. The van der Waals surface area contributed by atoms with Crippen LogP contribution in [0.25, 0.3) is 22.4 Å². The number of primary amides is 1. The van der Waals surface area contributed by atoms with Crippen LogP contribution in [0, 0.1) is 0 Å². The van der Waals surface area contributed by atoms with Crippen molar-refractivity contribution in [1.29, 1.82) is 0 Å². The quantitative estimate of drug-likeness (QED) is 0.787. The number of thiazole rings is 1. The van der Waals surface area contributed by atoms with Crippen LogP contribution >= 0.6 is 22.9 Å². The van der Waals surface area contributed by atoms with Crippen molar-refractivity contribution >= 4 is 51.2 Å². The molecular formula is C16H11ClN2OS. The van der Waals surface area contributed by atoms with E-state index in [-0.39, 0.29) is 0 Å². The van der Waals surface area contributed by atoms with Crippen molar-refractivity contribution in [3.05, 3.63) is 63.6 Å². The van der Waals surface area contributed by atoms with Gasteiger partial charge >= 0.3 is 0 Å². The molecule has 0 radical (unpaired) electrons. The van der Waals surface area contributed by atoms with Crippen LogP contribution in [-0.2, 0) is 0 Å². The van der Waals surface area contributed by atoms with E-state index in [0.29, 0.717) is 10.6 Å². The molecule has 2 aromatic carbocycles. The van der Waals surface area contributed by atoms with Crippen LogP contribution < -0.4 is 5.73 Å². The van der Waals surface area contributed by atoms with Crippen LogP contribution in [0.2, 0.25) is 5.02 Å². The first-order valence-corrected chi connectivity index (χ1v) is 7.46. The molecule has 0 aliphatic carbocycles. The van der Waals surface area contributed by atoms with E-state index in [2.05, 4.69) is 4.98 Å². The molecule has 3 aromatic rings. The highest BCUT2D eigenvalue weighted by Gasteiger charge is 2.04. The average Bonchev–Trinajstić information content (AvgIpc) is 2.90. The number of hydrogen-bond donors (Lipinski definition) is 1. The first-order chi connectivity index (χ1) is 10.1. The van der Waals surface area contributed by atoms with Gasteiger partial charge in [-0.25, -0.2) is 4.98 Å². The fourth-order valence-electron chi connectivity index (χ4n) is 1.97. The zero-order chi connectivity index (χ0) is 14.8.